The van der Waals surface area contributed by atoms with Gasteiger partial charge in [0.25, 0.3) is 10.0 Å². The van der Waals surface area contributed by atoms with Crippen LogP contribution in [0.1, 0.15) is 28.2 Å². The van der Waals surface area contributed by atoms with Gasteiger partial charge < -0.3 is 9.52 Å². The molecule has 0 unspecified atom stereocenters. The van der Waals surface area contributed by atoms with Crippen molar-refractivity contribution < 1.29 is 17.9 Å². The largest absolute Gasteiger partial charge is 0.465 e. The van der Waals surface area contributed by atoms with Crippen LogP contribution < -0.4 is 4.72 Å². The maximum Gasteiger partial charge on any atom is 0.265 e. The zero-order chi connectivity index (χ0) is 15.8. The second-order valence-electron chi connectivity index (χ2n) is 5.16. The molecule has 0 saturated carbocycles. The van der Waals surface area contributed by atoms with E-state index in [-0.39, 0.29) is 17.3 Å². The van der Waals surface area contributed by atoms with Gasteiger partial charge >= 0.3 is 0 Å². The van der Waals surface area contributed by atoms with Crippen molar-refractivity contribution in [1.29, 1.82) is 0 Å². The van der Waals surface area contributed by atoms with Gasteiger partial charge in [0.2, 0.25) is 0 Å². The molecule has 21 heavy (non-hydrogen) atoms. The van der Waals surface area contributed by atoms with Crippen LogP contribution in [0.4, 0.5) is 5.69 Å². The van der Waals surface area contributed by atoms with E-state index >= 15 is 0 Å². The van der Waals surface area contributed by atoms with Gasteiger partial charge in [-0.05, 0) is 51.0 Å². The highest BCUT2D eigenvalue weighted by Crippen LogP contribution is 2.28. The summed E-state index contributed by atoms with van der Waals surface area (Å²) in [6, 6.07) is 5.47. The minimum Gasteiger partial charge on any atom is -0.465 e. The van der Waals surface area contributed by atoms with Crippen LogP contribution in [0.3, 0.4) is 0 Å². The molecule has 0 aliphatic carbocycles. The molecule has 2 aromatic rings. The number of aliphatic hydroxyl groups excluding tert-OH is 1. The highest BCUT2D eigenvalue weighted by molar-refractivity contribution is 7.92. The van der Waals surface area contributed by atoms with Gasteiger partial charge in [0.05, 0.1) is 6.61 Å². The summed E-state index contributed by atoms with van der Waals surface area (Å²) in [7, 11) is -3.80. The Bertz CT molecular complexity index is 755. The maximum atomic E-state index is 12.6. The summed E-state index contributed by atoms with van der Waals surface area (Å²) in [5.74, 6) is 0.684. The summed E-state index contributed by atoms with van der Waals surface area (Å²) in [4.78, 5) is 0.0154. The van der Waals surface area contributed by atoms with E-state index in [2.05, 4.69) is 4.72 Å². The molecule has 0 aliphatic rings. The van der Waals surface area contributed by atoms with Crippen LogP contribution in [0.2, 0.25) is 0 Å². The lowest BCUT2D eigenvalue weighted by molar-refractivity contribution is 0.276. The number of furan rings is 1. The van der Waals surface area contributed by atoms with Gasteiger partial charge in [-0.2, -0.15) is 0 Å². The van der Waals surface area contributed by atoms with E-state index in [9.17, 15) is 13.5 Å². The molecular weight excluding hydrogens is 290 g/mol. The Labute approximate surface area is 124 Å². The normalized spacial score (nSPS) is 11.7. The summed E-state index contributed by atoms with van der Waals surface area (Å²) < 4.78 is 33.0. The molecule has 0 fully saturated rings. The Kier molecular flexibility index (Phi) is 4.11. The molecule has 0 radical (unpaired) electrons. The third-order valence-corrected chi connectivity index (χ3v) is 4.80. The monoisotopic (exact) mass is 309 g/mol. The Morgan fingerprint density at radius 1 is 1.05 bits per heavy atom. The highest BCUT2D eigenvalue weighted by atomic mass is 32.2. The molecule has 0 bridgehead atoms. The molecule has 5 nitrogen and oxygen atoms in total. The standard InChI is InChI=1S/C15H19NO4S/c1-9-5-10(2)7-13(6-9)16-21(18,19)15-12(4)20-11(3)14(15)8-17/h5-7,16-17H,8H2,1-4H3. The zero-order valence-electron chi connectivity index (χ0n) is 12.5. The smallest absolute Gasteiger partial charge is 0.265 e. The predicted octanol–water partition coefficient (Wildman–Crippen LogP) is 2.81. The van der Waals surface area contributed by atoms with E-state index in [4.69, 9.17) is 4.42 Å². The molecule has 6 heteroatoms. The molecule has 2 rings (SSSR count). The predicted molar refractivity (Wildman–Crippen MR) is 80.8 cm³/mol. The summed E-state index contributed by atoms with van der Waals surface area (Å²) in [6.07, 6.45) is 0. The molecule has 114 valence electrons. The quantitative estimate of drug-likeness (QED) is 0.910. The first-order chi connectivity index (χ1) is 9.74. The molecule has 0 atom stereocenters. The first kappa shape index (κ1) is 15.6. The Morgan fingerprint density at radius 2 is 1.62 bits per heavy atom. The fourth-order valence-electron chi connectivity index (χ4n) is 2.48. The lowest BCUT2D eigenvalue weighted by atomic mass is 10.1. The van der Waals surface area contributed by atoms with E-state index in [0.717, 1.165) is 11.1 Å². The van der Waals surface area contributed by atoms with Crippen LogP contribution in [0.25, 0.3) is 0 Å². The van der Waals surface area contributed by atoms with Gasteiger partial charge in [0, 0.05) is 11.3 Å². The van der Waals surface area contributed by atoms with Gasteiger partial charge in [0.1, 0.15) is 16.4 Å². The number of hydrogen-bond donors (Lipinski definition) is 2. The first-order valence-electron chi connectivity index (χ1n) is 6.55. The van der Waals surface area contributed by atoms with Crippen molar-refractivity contribution in [2.24, 2.45) is 0 Å². The van der Waals surface area contributed by atoms with Crippen LogP contribution in [0.15, 0.2) is 27.5 Å². The Morgan fingerprint density at radius 3 is 2.14 bits per heavy atom. The number of anilines is 1. The summed E-state index contributed by atoms with van der Waals surface area (Å²) >= 11 is 0. The minimum absolute atomic E-state index is 0.0154. The number of hydrogen-bond acceptors (Lipinski definition) is 4. The first-order valence-corrected chi connectivity index (χ1v) is 8.03. The molecule has 0 saturated heterocycles. The number of sulfonamides is 1. The lowest BCUT2D eigenvalue weighted by Gasteiger charge is -2.10. The number of aliphatic hydroxyl groups is 1. The van der Waals surface area contributed by atoms with Gasteiger partial charge in [-0.3, -0.25) is 4.72 Å². The van der Waals surface area contributed by atoms with Gasteiger partial charge in [-0.1, -0.05) is 6.07 Å². The van der Waals surface area contributed by atoms with Crippen molar-refractivity contribution in [1.82, 2.24) is 0 Å². The molecule has 0 aliphatic heterocycles. The number of nitrogens with one attached hydrogen (secondary N) is 1. The van der Waals surface area contributed by atoms with Crippen molar-refractivity contribution in [3.63, 3.8) is 0 Å². The zero-order valence-corrected chi connectivity index (χ0v) is 13.3. The third-order valence-electron chi connectivity index (χ3n) is 3.23. The topological polar surface area (TPSA) is 79.5 Å². The van der Waals surface area contributed by atoms with E-state index in [1.54, 1.807) is 26.0 Å². The van der Waals surface area contributed by atoms with Crippen molar-refractivity contribution in [3.8, 4) is 0 Å². The summed E-state index contributed by atoms with van der Waals surface area (Å²) in [5.41, 5.74) is 2.73. The average Bonchev–Trinajstić information content (AvgIpc) is 2.61. The Hall–Kier alpha value is -1.79. The molecule has 0 amide bonds. The van der Waals surface area contributed by atoms with Crippen LogP contribution >= 0.6 is 0 Å². The SMILES string of the molecule is Cc1cc(C)cc(NS(=O)(=O)c2c(C)oc(C)c2CO)c1. The highest BCUT2D eigenvalue weighted by Gasteiger charge is 2.26. The van der Waals surface area contributed by atoms with Crippen LogP contribution in [-0.4, -0.2) is 13.5 Å². The van der Waals surface area contributed by atoms with Gasteiger partial charge in [0.15, 0.2) is 0 Å². The second kappa shape index (κ2) is 5.54. The average molecular weight is 309 g/mol. The molecule has 1 aromatic heterocycles. The fraction of sp³-hybridized carbons (Fsp3) is 0.333. The second-order valence-corrected chi connectivity index (χ2v) is 6.78. The number of benzene rings is 1. The maximum absolute atomic E-state index is 12.6. The third kappa shape index (κ3) is 3.11. The van der Waals surface area contributed by atoms with E-state index < -0.39 is 10.0 Å². The summed E-state index contributed by atoms with van der Waals surface area (Å²) in [6.45, 7) is 6.62. The fourth-order valence-corrected chi connectivity index (χ4v) is 3.97. The number of aryl methyl sites for hydroxylation is 4. The number of rotatable bonds is 4. The van der Waals surface area contributed by atoms with E-state index in [0.29, 0.717) is 17.0 Å². The van der Waals surface area contributed by atoms with E-state index in [1.165, 1.54) is 0 Å². The molecular formula is C15H19NO4S. The van der Waals surface area contributed by atoms with Crippen LogP contribution in [0.5, 0.6) is 0 Å². The van der Waals surface area contributed by atoms with Crippen LogP contribution in [0, 0.1) is 27.7 Å². The van der Waals surface area contributed by atoms with Crippen molar-refractivity contribution in [2.75, 3.05) is 4.72 Å². The molecule has 2 N–H and O–H groups in total. The van der Waals surface area contributed by atoms with Gasteiger partial charge in [-0.15, -0.1) is 0 Å². The minimum atomic E-state index is -3.80. The Balaban J connectivity index is 2.48. The van der Waals surface area contributed by atoms with Crippen molar-refractivity contribution in [2.45, 2.75) is 39.2 Å². The van der Waals surface area contributed by atoms with Crippen molar-refractivity contribution in [3.05, 3.63) is 46.4 Å². The molecule has 0 spiro atoms. The lowest BCUT2D eigenvalue weighted by Crippen LogP contribution is -2.15. The van der Waals surface area contributed by atoms with Crippen LogP contribution in [-0.2, 0) is 16.6 Å². The molecule has 1 heterocycles. The van der Waals surface area contributed by atoms with Gasteiger partial charge in [-0.25, -0.2) is 8.42 Å². The molecule has 1 aromatic carbocycles. The summed E-state index contributed by atoms with van der Waals surface area (Å²) in [5, 5.41) is 9.38. The van der Waals surface area contributed by atoms with E-state index in [1.807, 2.05) is 19.9 Å². The van der Waals surface area contributed by atoms with Crippen molar-refractivity contribution >= 4 is 15.7 Å².